The molecule has 1 aliphatic heterocycles. The number of carbonyl (C=O) groups excluding carboxylic acids is 1. The first-order chi connectivity index (χ1) is 9.47. The fraction of sp³-hybridized carbons (Fsp3) is 0.500. The monoisotopic (exact) mass is 286 g/mol. The maximum absolute atomic E-state index is 12.8. The predicted molar refractivity (Wildman–Crippen MR) is 69.2 cm³/mol. The van der Waals surface area contributed by atoms with Gasteiger partial charge in [-0.05, 0) is 37.6 Å². The molecule has 0 spiro atoms. The molecule has 2 N–H and O–H groups in total. The second-order valence-electron chi connectivity index (χ2n) is 4.92. The lowest BCUT2D eigenvalue weighted by Gasteiger charge is -2.24. The molecule has 1 aromatic rings. The molecule has 20 heavy (non-hydrogen) atoms. The van der Waals surface area contributed by atoms with E-state index in [0.717, 1.165) is 32.0 Å². The minimum absolute atomic E-state index is 0.0198. The Morgan fingerprint density at radius 1 is 1.25 bits per heavy atom. The van der Waals surface area contributed by atoms with Gasteiger partial charge in [-0.3, -0.25) is 4.79 Å². The minimum atomic E-state index is -4.42. The SMILES string of the molecule is O=C(Cc1ccccc1C(F)(F)F)NC1CCNCC1. The van der Waals surface area contributed by atoms with Crippen LogP contribution in [0, 0.1) is 0 Å². The second kappa shape index (κ2) is 6.26. The lowest BCUT2D eigenvalue weighted by Crippen LogP contribution is -2.43. The van der Waals surface area contributed by atoms with E-state index in [2.05, 4.69) is 10.6 Å². The molecular formula is C14H17F3N2O. The van der Waals surface area contributed by atoms with Gasteiger partial charge in [0.2, 0.25) is 5.91 Å². The van der Waals surface area contributed by atoms with Gasteiger partial charge >= 0.3 is 6.18 Å². The van der Waals surface area contributed by atoms with E-state index >= 15 is 0 Å². The van der Waals surface area contributed by atoms with Crippen LogP contribution in [0.25, 0.3) is 0 Å². The number of rotatable bonds is 3. The van der Waals surface area contributed by atoms with Gasteiger partial charge in [0, 0.05) is 6.04 Å². The lowest BCUT2D eigenvalue weighted by atomic mass is 10.0. The zero-order chi connectivity index (χ0) is 14.6. The Balaban J connectivity index is 2.00. The number of amides is 1. The summed E-state index contributed by atoms with van der Waals surface area (Å²) in [5, 5.41) is 5.97. The third-order valence-electron chi connectivity index (χ3n) is 3.38. The van der Waals surface area contributed by atoms with Crippen molar-refractivity contribution in [2.24, 2.45) is 0 Å². The number of nitrogens with one attached hydrogen (secondary N) is 2. The van der Waals surface area contributed by atoms with Crippen LogP contribution in [0.2, 0.25) is 0 Å². The Hall–Kier alpha value is -1.56. The maximum atomic E-state index is 12.8. The van der Waals surface area contributed by atoms with E-state index in [1.54, 1.807) is 0 Å². The number of alkyl halides is 3. The highest BCUT2D eigenvalue weighted by molar-refractivity contribution is 5.79. The van der Waals surface area contributed by atoms with Crippen LogP contribution in [0.4, 0.5) is 13.2 Å². The third-order valence-corrected chi connectivity index (χ3v) is 3.38. The summed E-state index contributed by atoms with van der Waals surface area (Å²) < 4.78 is 38.5. The Kier molecular flexibility index (Phi) is 4.65. The third kappa shape index (κ3) is 3.96. The van der Waals surface area contributed by atoms with Crippen molar-refractivity contribution in [3.63, 3.8) is 0 Å². The molecule has 0 aromatic heterocycles. The van der Waals surface area contributed by atoms with Crippen LogP contribution in [-0.2, 0) is 17.4 Å². The molecule has 0 unspecified atom stereocenters. The van der Waals surface area contributed by atoms with E-state index in [-0.39, 0.29) is 23.9 Å². The quantitative estimate of drug-likeness (QED) is 0.893. The normalized spacial score (nSPS) is 16.9. The van der Waals surface area contributed by atoms with Crippen LogP contribution in [0.15, 0.2) is 24.3 Å². The number of hydrogen-bond acceptors (Lipinski definition) is 2. The standard InChI is InChI=1S/C14H17F3N2O/c15-14(16,17)12-4-2-1-3-10(12)9-13(20)19-11-5-7-18-8-6-11/h1-4,11,18H,5-9H2,(H,19,20). The molecule has 0 aliphatic carbocycles. The first-order valence-electron chi connectivity index (χ1n) is 6.62. The van der Waals surface area contributed by atoms with Gasteiger partial charge in [0.15, 0.2) is 0 Å². The summed E-state index contributed by atoms with van der Waals surface area (Å²) in [6.07, 6.45) is -3.04. The molecule has 1 amide bonds. The molecule has 6 heteroatoms. The topological polar surface area (TPSA) is 41.1 Å². The van der Waals surface area contributed by atoms with E-state index in [1.807, 2.05) is 0 Å². The molecule has 110 valence electrons. The molecule has 1 aliphatic rings. The zero-order valence-electron chi connectivity index (χ0n) is 11.0. The van der Waals surface area contributed by atoms with Crippen molar-refractivity contribution in [3.05, 3.63) is 35.4 Å². The zero-order valence-corrected chi connectivity index (χ0v) is 11.0. The van der Waals surface area contributed by atoms with Crippen LogP contribution in [0.3, 0.4) is 0 Å². The smallest absolute Gasteiger partial charge is 0.353 e. The van der Waals surface area contributed by atoms with Gasteiger partial charge < -0.3 is 10.6 Å². The number of halogens is 3. The van der Waals surface area contributed by atoms with Gasteiger partial charge in [0.25, 0.3) is 0 Å². The molecule has 1 heterocycles. The Labute approximate surface area is 115 Å². The summed E-state index contributed by atoms with van der Waals surface area (Å²) in [5.74, 6) is -0.353. The van der Waals surface area contributed by atoms with Crippen LogP contribution in [0.5, 0.6) is 0 Å². The first-order valence-corrected chi connectivity index (χ1v) is 6.62. The van der Waals surface area contributed by atoms with Crippen LogP contribution < -0.4 is 10.6 Å². The average molecular weight is 286 g/mol. The Morgan fingerprint density at radius 2 is 1.90 bits per heavy atom. The van der Waals surface area contributed by atoms with Crippen molar-refractivity contribution in [2.45, 2.75) is 31.5 Å². The predicted octanol–water partition coefficient (Wildman–Crippen LogP) is 2.12. The molecule has 0 radical (unpaired) electrons. The summed E-state index contributed by atoms with van der Waals surface area (Å²) in [5.41, 5.74) is -0.716. The number of carbonyl (C=O) groups is 1. The van der Waals surface area contributed by atoms with Gasteiger partial charge in [-0.1, -0.05) is 18.2 Å². The van der Waals surface area contributed by atoms with Gasteiger partial charge in [-0.15, -0.1) is 0 Å². The summed E-state index contributed by atoms with van der Waals surface area (Å²) in [4.78, 5) is 11.9. The number of benzene rings is 1. The van der Waals surface area contributed by atoms with Gasteiger partial charge in [0.1, 0.15) is 0 Å². The van der Waals surface area contributed by atoms with E-state index in [1.165, 1.54) is 18.2 Å². The van der Waals surface area contributed by atoms with Crippen molar-refractivity contribution in [1.29, 1.82) is 0 Å². The van der Waals surface area contributed by atoms with E-state index in [0.29, 0.717) is 0 Å². The maximum Gasteiger partial charge on any atom is 0.416 e. The minimum Gasteiger partial charge on any atom is -0.353 e. The second-order valence-corrected chi connectivity index (χ2v) is 4.92. The largest absolute Gasteiger partial charge is 0.416 e. The highest BCUT2D eigenvalue weighted by atomic mass is 19.4. The molecule has 0 saturated carbocycles. The Bertz CT molecular complexity index is 468. The van der Waals surface area contributed by atoms with Gasteiger partial charge in [0.05, 0.1) is 12.0 Å². The van der Waals surface area contributed by atoms with Gasteiger partial charge in [-0.25, -0.2) is 0 Å². The highest BCUT2D eigenvalue weighted by Gasteiger charge is 2.33. The lowest BCUT2D eigenvalue weighted by molar-refractivity contribution is -0.138. The van der Waals surface area contributed by atoms with E-state index in [4.69, 9.17) is 0 Å². The van der Waals surface area contributed by atoms with E-state index in [9.17, 15) is 18.0 Å². The van der Waals surface area contributed by atoms with Crippen molar-refractivity contribution in [3.8, 4) is 0 Å². The number of piperidine rings is 1. The summed E-state index contributed by atoms with van der Waals surface area (Å²) in [6.45, 7) is 1.65. The van der Waals surface area contributed by atoms with Gasteiger partial charge in [-0.2, -0.15) is 13.2 Å². The fourth-order valence-electron chi connectivity index (χ4n) is 2.37. The fourth-order valence-corrected chi connectivity index (χ4v) is 2.37. The van der Waals surface area contributed by atoms with Crippen LogP contribution >= 0.6 is 0 Å². The van der Waals surface area contributed by atoms with Crippen molar-refractivity contribution in [2.75, 3.05) is 13.1 Å². The van der Waals surface area contributed by atoms with Crippen molar-refractivity contribution < 1.29 is 18.0 Å². The molecule has 3 nitrogen and oxygen atoms in total. The van der Waals surface area contributed by atoms with E-state index < -0.39 is 11.7 Å². The first kappa shape index (κ1) is 14.8. The summed E-state index contributed by atoms with van der Waals surface area (Å²) >= 11 is 0. The average Bonchev–Trinajstić information content (AvgIpc) is 2.39. The molecule has 2 rings (SSSR count). The van der Waals surface area contributed by atoms with Crippen molar-refractivity contribution in [1.82, 2.24) is 10.6 Å². The van der Waals surface area contributed by atoms with Crippen molar-refractivity contribution >= 4 is 5.91 Å². The van der Waals surface area contributed by atoms with Crippen LogP contribution in [0.1, 0.15) is 24.0 Å². The molecular weight excluding hydrogens is 269 g/mol. The highest BCUT2D eigenvalue weighted by Crippen LogP contribution is 2.32. The Morgan fingerprint density at radius 3 is 2.55 bits per heavy atom. The molecule has 0 bridgehead atoms. The number of hydrogen-bond donors (Lipinski definition) is 2. The molecule has 1 aromatic carbocycles. The summed E-state index contributed by atoms with van der Waals surface area (Å²) in [6, 6.07) is 5.26. The van der Waals surface area contributed by atoms with Crippen LogP contribution in [-0.4, -0.2) is 25.0 Å². The molecule has 1 saturated heterocycles. The summed E-state index contributed by atoms with van der Waals surface area (Å²) in [7, 11) is 0. The molecule has 1 fully saturated rings. The molecule has 0 atom stereocenters.